The minimum absolute atomic E-state index is 0.599. The summed E-state index contributed by atoms with van der Waals surface area (Å²) in [6, 6.07) is 13.5. The third-order valence-corrected chi connectivity index (χ3v) is 5.64. The first-order valence-electron chi connectivity index (χ1n) is 12.1. The van der Waals surface area contributed by atoms with Gasteiger partial charge in [0.15, 0.2) is 0 Å². The summed E-state index contributed by atoms with van der Waals surface area (Å²) in [4.78, 5) is 0. The molecule has 0 fully saturated rings. The second kappa shape index (κ2) is 12.3. The Morgan fingerprint density at radius 2 is 1.39 bits per heavy atom. The minimum atomic E-state index is 0.599. The molecule has 6 heteroatoms. The molecule has 0 spiro atoms. The predicted molar refractivity (Wildman–Crippen MR) is 138 cm³/mol. The van der Waals surface area contributed by atoms with Crippen LogP contribution in [0.5, 0.6) is 11.5 Å². The average molecular weight is 481 g/mol. The fourth-order valence-corrected chi connectivity index (χ4v) is 3.75. The number of nitrogens with zero attached hydrogens (tertiary/aromatic N) is 4. The van der Waals surface area contributed by atoms with Crippen LogP contribution in [-0.2, 0) is 27.2 Å². The van der Waals surface area contributed by atoms with Crippen LogP contribution >= 0.6 is 0 Å². The maximum absolute atomic E-state index is 6.12. The van der Waals surface area contributed by atoms with Crippen molar-refractivity contribution >= 4 is 0 Å². The molecule has 0 unspecified atom stereocenters. The Bertz CT molecular complexity index is 1380. The molecule has 182 valence electrons. The van der Waals surface area contributed by atoms with Crippen LogP contribution in [0.1, 0.15) is 29.5 Å². The Morgan fingerprint density at radius 1 is 0.778 bits per heavy atom. The van der Waals surface area contributed by atoms with Crippen molar-refractivity contribution in [1.82, 2.24) is 9.13 Å². The lowest BCUT2D eigenvalue weighted by atomic mass is 10.1. The Kier molecular flexibility index (Phi) is 8.46. The van der Waals surface area contributed by atoms with Gasteiger partial charge in [0, 0.05) is 24.0 Å². The summed E-state index contributed by atoms with van der Waals surface area (Å²) in [5, 5.41) is 0. The Labute approximate surface area is 213 Å². The predicted octanol–water partition coefficient (Wildman–Crippen LogP) is 3.26. The standard InChI is InChI=1S/C30H32N4O2/c1-4-26-7-9-27(10-8-26)11-12-28-23-29(35-21-5-15-33-19-17-31(2)24-33)13-14-30(28)36-22-6-16-34-20-18-32(3)25-34/h1,7-10,13-14,17-20,23-25H,5-6,15-16,21-22H2,2-3H3/q+2. The molecule has 0 saturated carbocycles. The number of aryl methyl sites for hydroxylation is 4. The number of imidazole rings is 2. The highest BCUT2D eigenvalue weighted by Crippen LogP contribution is 2.24. The number of ether oxygens (including phenoxy) is 2. The molecule has 0 atom stereocenters. The van der Waals surface area contributed by atoms with Gasteiger partial charge >= 0.3 is 0 Å². The first-order chi connectivity index (χ1) is 17.6. The maximum Gasteiger partial charge on any atom is 0.243 e. The summed E-state index contributed by atoms with van der Waals surface area (Å²) in [6.07, 6.45) is 19.6. The van der Waals surface area contributed by atoms with Crippen LogP contribution in [-0.4, -0.2) is 22.3 Å². The van der Waals surface area contributed by atoms with Crippen LogP contribution in [0.25, 0.3) is 0 Å². The van der Waals surface area contributed by atoms with Gasteiger partial charge in [-0.3, -0.25) is 0 Å². The molecule has 2 aromatic carbocycles. The van der Waals surface area contributed by atoms with E-state index in [-0.39, 0.29) is 0 Å². The lowest BCUT2D eigenvalue weighted by Gasteiger charge is -2.11. The second-order valence-electron chi connectivity index (χ2n) is 8.67. The van der Waals surface area contributed by atoms with Gasteiger partial charge in [0.05, 0.1) is 46.0 Å². The number of benzene rings is 2. The van der Waals surface area contributed by atoms with Crippen molar-refractivity contribution in [3.63, 3.8) is 0 Å². The minimum Gasteiger partial charge on any atom is -0.493 e. The molecule has 6 nitrogen and oxygen atoms in total. The van der Waals surface area contributed by atoms with Gasteiger partial charge < -0.3 is 9.47 Å². The summed E-state index contributed by atoms with van der Waals surface area (Å²) in [6.45, 7) is 3.02. The van der Waals surface area contributed by atoms with Crippen molar-refractivity contribution in [2.45, 2.75) is 25.9 Å². The van der Waals surface area contributed by atoms with Gasteiger partial charge in [-0.15, -0.1) is 6.42 Å². The van der Waals surface area contributed by atoms with E-state index in [1.54, 1.807) is 0 Å². The van der Waals surface area contributed by atoms with Crippen molar-refractivity contribution in [1.29, 1.82) is 0 Å². The highest BCUT2D eigenvalue weighted by Gasteiger charge is 2.07. The molecular weight excluding hydrogens is 448 g/mol. The van der Waals surface area contributed by atoms with E-state index < -0.39 is 0 Å². The lowest BCUT2D eigenvalue weighted by molar-refractivity contribution is -0.671. The number of rotatable bonds is 10. The van der Waals surface area contributed by atoms with Gasteiger partial charge in [0.1, 0.15) is 36.3 Å². The van der Waals surface area contributed by atoms with E-state index in [0.717, 1.165) is 54.1 Å². The molecule has 2 heterocycles. The van der Waals surface area contributed by atoms with E-state index in [2.05, 4.69) is 51.9 Å². The SMILES string of the molecule is C#Cc1ccc(C#Cc2cc(OCCCn3cc[n+](C)c3)ccc2OCCCn2cc[n+](C)c2)cc1. The van der Waals surface area contributed by atoms with E-state index in [1.807, 2.05) is 78.1 Å². The van der Waals surface area contributed by atoms with Gasteiger partial charge in [-0.1, -0.05) is 17.8 Å². The smallest absolute Gasteiger partial charge is 0.243 e. The summed E-state index contributed by atoms with van der Waals surface area (Å²) in [7, 11) is 4.03. The molecule has 0 bridgehead atoms. The van der Waals surface area contributed by atoms with Gasteiger partial charge in [-0.25, -0.2) is 18.3 Å². The van der Waals surface area contributed by atoms with Crippen LogP contribution in [0.2, 0.25) is 0 Å². The molecule has 0 radical (unpaired) electrons. The van der Waals surface area contributed by atoms with Crippen molar-refractivity contribution in [2.24, 2.45) is 14.1 Å². The first kappa shape index (κ1) is 24.7. The Hall–Kier alpha value is -4.42. The van der Waals surface area contributed by atoms with Gasteiger partial charge in [-0.05, 0) is 42.5 Å². The zero-order valence-electron chi connectivity index (χ0n) is 20.9. The van der Waals surface area contributed by atoms with E-state index >= 15 is 0 Å². The van der Waals surface area contributed by atoms with Gasteiger partial charge in [-0.2, -0.15) is 0 Å². The normalized spacial score (nSPS) is 10.4. The Balaban J connectivity index is 1.40. The fraction of sp³-hybridized carbons (Fsp3) is 0.267. The molecule has 0 amide bonds. The highest BCUT2D eigenvalue weighted by molar-refractivity contribution is 5.53. The average Bonchev–Trinajstić information content (AvgIpc) is 3.51. The summed E-state index contributed by atoms with van der Waals surface area (Å²) >= 11 is 0. The number of hydrogen-bond donors (Lipinski definition) is 0. The van der Waals surface area contributed by atoms with Crippen LogP contribution in [0.4, 0.5) is 0 Å². The third kappa shape index (κ3) is 7.29. The molecule has 0 aliphatic rings. The summed E-state index contributed by atoms with van der Waals surface area (Å²) in [5.74, 6) is 10.7. The van der Waals surface area contributed by atoms with E-state index in [0.29, 0.717) is 13.2 Å². The van der Waals surface area contributed by atoms with E-state index in [1.165, 1.54) is 0 Å². The largest absolute Gasteiger partial charge is 0.493 e. The molecule has 36 heavy (non-hydrogen) atoms. The number of hydrogen-bond acceptors (Lipinski definition) is 2. The van der Waals surface area contributed by atoms with Crippen molar-refractivity contribution in [2.75, 3.05) is 13.2 Å². The zero-order valence-corrected chi connectivity index (χ0v) is 20.9. The topological polar surface area (TPSA) is 36.1 Å². The molecule has 0 N–H and O–H groups in total. The summed E-state index contributed by atoms with van der Waals surface area (Å²) < 4.78 is 20.5. The molecule has 0 saturated heterocycles. The van der Waals surface area contributed by atoms with Crippen LogP contribution < -0.4 is 18.6 Å². The van der Waals surface area contributed by atoms with Gasteiger partial charge in [0.25, 0.3) is 0 Å². The second-order valence-corrected chi connectivity index (χ2v) is 8.67. The Morgan fingerprint density at radius 3 is 1.97 bits per heavy atom. The first-order valence-corrected chi connectivity index (χ1v) is 12.1. The van der Waals surface area contributed by atoms with Crippen molar-refractivity contribution in [3.8, 4) is 35.7 Å². The molecule has 2 aromatic heterocycles. The zero-order chi connectivity index (χ0) is 25.2. The van der Waals surface area contributed by atoms with Crippen molar-refractivity contribution < 1.29 is 18.6 Å². The van der Waals surface area contributed by atoms with Crippen molar-refractivity contribution in [3.05, 3.63) is 96.6 Å². The number of aromatic nitrogens is 4. The molecule has 4 aromatic rings. The molecular formula is C30H32N4O2+2. The van der Waals surface area contributed by atoms with Crippen LogP contribution in [0.15, 0.2) is 79.9 Å². The fourth-order valence-electron chi connectivity index (χ4n) is 3.75. The molecule has 4 rings (SSSR count). The molecule has 0 aliphatic carbocycles. The number of terminal acetylenes is 1. The van der Waals surface area contributed by atoms with E-state index in [4.69, 9.17) is 15.9 Å². The summed E-state index contributed by atoms with van der Waals surface area (Å²) in [5.41, 5.74) is 2.54. The van der Waals surface area contributed by atoms with Crippen LogP contribution in [0, 0.1) is 24.2 Å². The van der Waals surface area contributed by atoms with Gasteiger partial charge in [0.2, 0.25) is 12.7 Å². The monoisotopic (exact) mass is 480 g/mol. The highest BCUT2D eigenvalue weighted by atomic mass is 16.5. The maximum atomic E-state index is 6.12. The van der Waals surface area contributed by atoms with Crippen LogP contribution in [0.3, 0.4) is 0 Å². The lowest BCUT2D eigenvalue weighted by Crippen LogP contribution is -2.23. The van der Waals surface area contributed by atoms with E-state index in [9.17, 15) is 0 Å². The third-order valence-electron chi connectivity index (χ3n) is 5.64. The quantitative estimate of drug-likeness (QED) is 0.199. The molecule has 0 aliphatic heterocycles.